The Balaban J connectivity index is 2.73. The number of rotatable bonds is 6. The maximum absolute atomic E-state index is 6.21. The van der Waals surface area contributed by atoms with E-state index in [-0.39, 0.29) is 5.60 Å². The van der Waals surface area contributed by atoms with Gasteiger partial charge < -0.3 is 10.1 Å². The van der Waals surface area contributed by atoms with Gasteiger partial charge in [0.2, 0.25) is 0 Å². The second kappa shape index (κ2) is 6.75. The molecule has 0 heterocycles. The monoisotopic (exact) mass is 241 g/mol. The molecule has 17 heavy (non-hydrogen) atoms. The van der Waals surface area contributed by atoms with E-state index < -0.39 is 0 Å². The molecule has 1 unspecified atom stereocenters. The lowest BCUT2D eigenvalue weighted by Gasteiger charge is -2.45. The van der Waals surface area contributed by atoms with Crippen LogP contribution in [0.15, 0.2) is 0 Å². The fourth-order valence-electron chi connectivity index (χ4n) is 3.20. The molecule has 1 atom stereocenters. The van der Waals surface area contributed by atoms with Gasteiger partial charge >= 0.3 is 0 Å². The zero-order chi connectivity index (χ0) is 12.9. The highest BCUT2D eigenvalue weighted by atomic mass is 16.5. The molecule has 1 N–H and O–H groups in total. The van der Waals surface area contributed by atoms with Crippen molar-refractivity contribution in [2.45, 2.75) is 71.4 Å². The van der Waals surface area contributed by atoms with Crippen molar-refractivity contribution in [3.8, 4) is 0 Å². The van der Waals surface area contributed by atoms with Crippen molar-refractivity contribution in [3.63, 3.8) is 0 Å². The average molecular weight is 241 g/mol. The van der Waals surface area contributed by atoms with Gasteiger partial charge in [0.05, 0.1) is 5.60 Å². The normalized spacial score (nSPS) is 31.8. The summed E-state index contributed by atoms with van der Waals surface area (Å²) in [5.41, 5.74) is 0.0975. The van der Waals surface area contributed by atoms with E-state index in [1.807, 2.05) is 0 Å². The van der Waals surface area contributed by atoms with Gasteiger partial charge in [0.1, 0.15) is 0 Å². The summed E-state index contributed by atoms with van der Waals surface area (Å²) < 4.78 is 6.21. The molecule has 0 spiro atoms. The van der Waals surface area contributed by atoms with Crippen molar-refractivity contribution in [1.29, 1.82) is 0 Å². The summed E-state index contributed by atoms with van der Waals surface area (Å²) in [6, 6.07) is 0.509. The molecule has 1 fully saturated rings. The summed E-state index contributed by atoms with van der Waals surface area (Å²) >= 11 is 0. The molecule has 0 saturated heterocycles. The SMILES string of the molecule is CCOC1(C(CC(C)C)NC)CCC(C)CC1. The van der Waals surface area contributed by atoms with Crippen LogP contribution < -0.4 is 5.32 Å². The smallest absolute Gasteiger partial charge is 0.0834 e. The molecule has 1 rings (SSSR count). The molecule has 0 bridgehead atoms. The second-order valence-electron chi connectivity index (χ2n) is 6.15. The lowest BCUT2D eigenvalue weighted by molar-refractivity contribution is -0.0983. The maximum atomic E-state index is 6.21. The summed E-state index contributed by atoms with van der Waals surface area (Å²) in [5.74, 6) is 1.60. The van der Waals surface area contributed by atoms with Gasteiger partial charge in [-0.25, -0.2) is 0 Å². The molecule has 0 aliphatic heterocycles. The Morgan fingerprint density at radius 1 is 1.29 bits per heavy atom. The number of likely N-dealkylation sites (N-methyl/N-ethyl adjacent to an activating group) is 1. The summed E-state index contributed by atoms with van der Waals surface area (Å²) in [6.45, 7) is 9.93. The van der Waals surface area contributed by atoms with Crippen molar-refractivity contribution in [1.82, 2.24) is 5.32 Å². The van der Waals surface area contributed by atoms with Gasteiger partial charge in [-0.2, -0.15) is 0 Å². The molecule has 0 aromatic heterocycles. The number of hydrogen-bond acceptors (Lipinski definition) is 2. The van der Waals surface area contributed by atoms with Crippen LogP contribution in [0.5, 0.6) is 0 Å². The molecule has 1 aliphatic carbocycles. The summed E-state index contributed by atoms with van der Waals surface area (Å²) in [7, 11) is 2.09. The Bertz CT molecular complexity index is 207. The first-order valence-corrected chi connectivity index (χ1v) is 7.35. The Morgan fingerprint density at radius 3 is 2.29 bits per heavy atom. The van der Waals surface area contributed by atoms with E-state index in [1.165, 1.54) is 32.1 Å². The molecular weight excluding hydrogens is 210 g/mol. The van der Waals surface area contributed by atoms with Gasteiger partial charge in [-0.3, -0.25) is 0 Å². The van der Waals surface area contributed by atoms with Crippen LogP contribution in [-0.2, 0) is 4.74 Å². The lowest BCUT2D eigenvalue weighted by atomic mass is 9.73. The highest BCUT2D eigenvalue weighted by Crippen LogP contribution is 2.38. The van der Waals surface area contributed by atoms with E-state index in [1.54, 1.807) is 0 Å². The van der Waals surface area contributed by atoms with E-state index in [4.69, 9.17) is 4.74 Å². The van der Waals surface area contributed by atoms with Gasteiger partial charge in [-0.1, -0.05) is 20.8 Å². The zero-order valence-corrected chi connectivity index (χ0v) is 12.4. The lowest BCUT2D eigenvalue weighted by Crippen LogP contribution is -2.54. The van der Waals surface area contributed by atoms with E-state index in [0.717, 1.165) is 18.4 Å². The minimum absolute atomic E-state index is 0.0975. The number of ether oxygens (including phenoxy) is 1. The summed E-state index contributed by atoms with van der Waals surface area (Å²) in [4.78, 5) is 0. The fourth-order valence-corrected chi connectivity index (χ4v) is 3.20. The zero-order valence-electron chi connectivity index (χ0n) is 12.4. The standard InChI is InChI=1S/C15H31NO/c1-6-17-15(9-7-13(4)8-10-15)14(16-5)11-12(2)3/h12-14,16H,6-11H2,1-5H3. The Morgan fingerprint density at radius 2 is 1.88 bits per heavy atom. The van der Waals surface area contributed by atoms with Crippen LogP contribution in [0, 0.1) is 11.8 Å². The van der Waals surface area contributed by atoms with Crippen LogP contribution >= 0.6 is 0 Å². The van der Waals surface area contributed by atoms with E-state index in [0.29, 0.717) is 6.04 Å². The van der Waals surface area contributed by atoms with Crippen molar-refractivity contribution >= 4 is 0 Å². The average Bonchev–Trinajstić information content (AvgIpc) is 2.29. The van der Waals surface area contributed by atoms with E-state index in [9.17, 15) is 0 Å². The van der Waals surface area contributed by atoms with Gasteiger partial charge in [-0.15, -0.1) is 0 Å². The van der Waals surface area contributed by atoms with Crippen molar-refractivity contribution in [2.24, 2.45) is 11.8 Å². The van der Waals surface area contributed by atoms with Crippen LogP contribution in [-0.4, -0.2) is 25.3 Å². The molecule has 0 aromatic rings. The van der Waals surface area contributed by atoms with Crippen molar-refractivity contribution < 1.29 is 4.74 Å². The third-order valence-electron chi connectivity index (χ3n) is 4.24. The highest BCUT2D eigenvalue weighted by molar-refractivity contribution is 4.96. The Labute approximate surface area is 108 Å². The molecule has 0 radical (unpaired) electrons. The quantitative estimate of drug-likeness (QED) is 0.767. The van der Waals surface area contributed by atoms with Crippen LogP contribution in [0.3, 0.4) is 0 Å². The summed E-state index contributed by atoms with van der Waals surface area (Å²) in [5, 5.41) is 3.52. The summed E-state index contributed by atoms with van der Waals surface area (Å²) in [6.07, 6.45) is 6.29. The fraction of sp³-hybridized carbons (Fsp3) is 1.00. The first-order valence-electron chi connectivity index (χ1n) is 7.35. The minimum atomic E-state index is 0.0975. The second-order valence-corrected chi connectivity index (χ2v) is 6.15. The van der Waals surface area contributed by atoms with Gasteiger partial charge in [-0.05, 0) is 57.9 Å². The highest BCUT2D eigenvalue weighted by Gasteiger charge is 2.41. The van der Waals surface area contributed by atoms with Crippen LogP contribution in [0.4, 0.5) is 0 Å². The molecular formula is C15H31NO. The number of nitrogens with one attached hydrogen (secondary N) is 1. The molecule has 2 nitrogen and oxygen atoms in total. The Kier molecular flexibility index (Phi) is 5.94. The van der Waals surface area contributed by atoms with Gasteiger partial charge in [0.15, 0.2) is 0 Å². The topological polar surface area (TPSA) is 21.3 Å². The van der Waals surface area contributed by atoms with Gasteiger partial charge in [0.25, 0.3) is 0 Å². The predicted molar refractivity (Wildman–Crippen MR) is 74.3 cm³/mol. The van der Waals surface area contributed by atoms with Crippen molar-refractivity contribution in [3.05, 3.63) is 0 Å². The minimum Gasteiger partial charge on any atom is -0.374 e. The number of hydrogen-bond donors (Lipinski definition) is 1. The van der Waals surface area contributed by atoms with E-state index in [2.05, 4.69) is 40.1 Å². The molecule has 1 saturated carbocycles. The van der Waals surface area contributed by atoms with Crippen LogP contribution in [0.2, 0.25) is 0 Å². The maximum Gasteiger partial charge on any atom is 0.0834 e. The molecule has 102 valence electrons. The first-order chi connectivity index (χ1) is 8.04. The van der Waals surface area contributed by atoms with Crippen molar-refractivity contribution in [2.75, 3.05) is 13.7 Å². The molecule has 1 aliphatic rings. The van der Waals surface area contributed by atoms with Crippen LogP contribution in [0.1, 0.15) is 59.8 Å². The Hall–Kier alpha value is -0.0800. The van der Waals surface area contributed by atoms with E-state index >= 15 is 0 Å². The largest absolute Gasteiger partial charge is 0.374 e. The first kappa shape index (κ1) is 15.0. The molecule has 0 amide bonds. The molecule has 0 aromatic carbocycles. The predicted octanol–water partition coefficient (Wildman–Crippen LogP) is 3.61. The van der Waals surface area contributed by atoms with Crippen LogP contribution in [0.25, 0.3) is 0 Å². The third kappa shape index (κ3) is 3.96. The van der Waals surface area contributed by atoms with Gasteiger partial charge in [0, 0.05) is 12.6 Å². The third-order valence-corrected chi connectivity index (χ3v) is 4.24. The molecule has 2 heteroatoms.